The Morgan fingerprint density at radius 1 is 1.03 bits per heavy atom. The average Bonchev–Trinajstić information content (AvgIpc) is 3.43. The normalized spacial score (nSPS) is 12.8. The quantitative estimate of drug-likeness (QED) is 0.283. The second-order valence-electron chi connectivity index (χ2n) is 8.45. The first-order valence-corrected chi connectivity index (χ1v) is 13.0. The van der Waals surface area contributed by atoms with Crippen LogP contribution < -0.4 is 5.32 Å². The molecule has 0 bridgehead atoms. The van der Waals surface area contributed by atoms with Gasteiger partial charge in [-0.1, -0.05) is 18.2 Å². The molecule has 204 valence electrons. The second kappa shape index (κ2) is 11.6. The van der Waals surface area contributed by atoms with Gasteiger partial charge in [-0.05, 0) is 48.0 Å². The molecular formula is C25H23F3N6O4S. The number of alkyl halides is 3. The molecule has 0 saturated carbocycles. The third-order valence-electron chi connectivity index (χ3n) is 5.54. The molecule has 39 heavy (non-hydrogen) atoms. The predicted molar refractivity (Wildman–Crippen MR) is 134 cm³/mol. The number of hydrogen-bond donors (Lipinski definition) is 2. The predicted octanol–water partition coefficient (Wildman–Crippen LogP) is 3.87. The molecule has 14 heteroatoms. The first kappa shape index (κ1) is 27.7. The number of benzene rings is 1. The Kier molecular flexibility index (Phi) is 8.26. The van der Waals surface area contributed by atoms with E-state index in [1.807, 2.05) is 0 Å². The molecule has 10 nitrogen and oxygen atoms in total. The molecule has 1 unspecified atom stereocenters. The molecule has 1 aromatic carbocycles. The standard InChI is InChI=1S/C25H23F3N6O4S/c26-25(27,28)14-22(24(35)36)32-23-6-1-4-19(31-23)17-33(39(37,38)21-5-2-11-29-15-21)16-18-7-9-20(10-8-18)34-13-3-12-30-34/h1-13,15,22H,14,16-17H2,(H,31,32)(H,35,36). The number of sulfonamides is 1. The molecule has 0 aliphatic heterocycles. The lowest BCUT2D eigenvalue weighted by Crippen LogP contribution is -2.35. The Balaban J connectivity index is 1.60. The first-order chi connectivity index (χ1) is 18.5. The summed E-state index contributed by atoms with van der Waals surface area (Å²) in [5.41, 5.74) is 1.62. The number of pyridine rings is 2. The third kappa shape index (κ3) is 7.39. The molecule has 4 rings (SSSR count). The Morgan fingerprint density at radius 3 is 2.41 bits per heavy atom. The van der Waals surface area contributed by atoms with Crippen LogP contribution >= 0.6 is 0 Å². The highest BCUT2D eigenvalue weighted by molar-refractivity contribution is 7.89. The molecule has 1 atom stereocenters. The summed E-state index contributed by atoms with van der Waals surface area (Å²) in [4.78, 5) is 19.4. The van der Waals surface area contributed by atoms with Crippen molar-refractivity contribution in [1.29, 1.82) is 0 Å². The van der Waals surface area contributed by atoms with Crippen molar-refractivity contribution in [1.82, 2.24) is 24.1 Å². The summed E-state index contributed by atoms with van der Waals surface area (Å²) in [6.07, 6.45) is -0.269. The zero-order chi connectivity index (χ0) is 28.0. The zero-order valence-electron chi connectivity index (χ0n) is 20.2. The van der Waals surface area contributed by atoms with Gasteiger partial charge in [0.1, 0.15) is 16.8 Å². The smallest absolute Gasteiger partial charge is 0.391 e. The van der Waals surface area contributed by atoms with Crippen molar-refractivity contribution in [2.45, 2.75) is 36.6 Å². The number of nitrogens with one attached hydrogen (secondary N) is 1. The number of halogens is 3. The van der Waals surface area contributed by atoms with Crippen LogP contribution in [-0.2, 0) is 27.9 Å². The summed E-state index contributed by atoms with van der Waals surface area (Å²) in [7, 11) is -4.07. The highest BCUT2D eigenvalue weighted by Crippen LogP contribution is 2.24. The molecule has 0 saturated heterocycles. The van der Waals surface area contributed by atoms with E-state index in [1.165, 1.54) is 42.7 Å². The van der Waals surface area contributed by atoms with E-state index in [0.717, 1.165) is 9.99 Å². The van der Waals surface area contributed by atoms with Gasteiger partial charge in [0.05, 0.1) is 24.3 Å². The van der Waals surface area contributed by atoms with E-state index in [4.69, 9.17) is 0 Å². The van der Waals surface area contributed by atoms with Crippen molar-refractivity contribution in [3.63, 3.8) is 0 Å². The number of anilines is 1. The number of aliphatic carboxylic acids is 1. The van der Waals surface area contributed by atoms with Crippen molar-refractivity contribution in [3.05, 3.63) is 96.7 Å². The SMILES string of the molecule is O=C(O)C(CC(F)(F)F)Nc1cccc(CN(Cc2ccc(-n3cccn3)cc2)S(=O)(=O)c2cccnc2)n1. The van der Waals surface area contributed by atoms with E-state index in [9.17, 15) is 31.5 Å². The van der Waals surface area contributed by atoms with Crippen LogP contribution in [0, 0.1) is 0 Å². The summed E-state index contributed by atoms with van der Waals surface area (Å²) >= 11 is 0. The minimum Gasteiger partial charge on any atom is -0.480 e. The van der Waals surface area contributed by atoms with E-state index >= 15 is 0 Å². The maximum atomic E-state index is 13.5. The lowest BCUT2D eigenvalue weighted by molar-refractivity contribution is -0.154. The summed E-state index contributed by atoms with van der Waals surface area (Å²) in [5, 5.41) is 15.6. The second-order valence-corrected chi connectivity index (χ2v) is 10.4. The van der Waals surface area contributed by atoms with Crippen molar-refractivity contribution < 1.29 is 31.5 Å². The van der Waals surface area contributed by atoms with Crippen molar-refractivity contribution in [2.75, 3.05) is 5.32 Å². The van der Waals surface area contributed by atoms with Gasteiger partial charge in [0.25, 0.3) is 0 Å². The molecule has 3 aromatic heterocycles. The van der Waals surface area contributed by atoms with E-state index in [0.29, 0.717) is 5.56 Å². The number of carboxylic acids is 1. The lowest BCUT2D eigenvalue weighted by atomic mass is 10.2. The Hall–Kier alpha value is -4.30. The Labute approximate surface area is 221 Å². The number of aromatic nitrogens is 4. The molecule has 4 aromatic rings. The van der Waals surface area contributed by atoms with E-state index in [1.54, 1.807) is 47.4 Å². The number of hydrogen-bond acceptors (Lipinski definition) is 7. The van der Waals surface area contributed by atoms with Gasteiger partial charge in [0.15, 0.2) is 0 Å². The molecule has 0 aliphatic carbocycles. The van der Waals surface area contributed by atoms with Crippen LogP contribution in [-0.4, -0.2) is 55.8 Å². The van der Waals surface area contributed by atoms with Crippen LogP contribution in [0.5, 0.6) is 0 Å². The van der Waals surface area contributed by atoms with Crippen molar-refractivity contribution >= 4 is 21.8 Å². The zero-order valence-corrected chi connectivity index (χ0v) is 21.0. The topological polar surface area (TPSA) is 130 Å². The fourth-order valence-electron chi connectivity index (χ4n) is 3.69. The Bertz CT molecular complexity index is 1500. The minimum absolute atomic E-state index is 0.0523. The highest BCUT2D eigenvalue weighted by atomic mass is 32.2. The van der Waals surface area contributed by atoms with Crippen LogP contribution in [0.3, 0.4) is 0 Å². The van der Waals surface area contributed by atoms with Crippen molar-refractivity contribution in [2.24, 2.45) is 0 Å². The fraction of sp³-hybridized carbons (Fsp3) is 0.200. The van der Waals surface area contributed by atoms with Crippen LogP contribution in [0.25, 0.3) is 5.69 Å². The largest absolute Gasteiger partial charge is 0.480 e. The molecule has 0 spiro atoms. The minimum atomic E-state index is -4.71. The molecule has 0 fully saturated rings. The lowest BCUT2D eigenvalue weighted by Gasteiger charge is -2.23. The van der Waals surface area contributed by atoms with E-state index in [2.05, 4.69) is 20.4 Å². The summed E-state index contributed by atoms with van der Waals surface area (Å²) in [5.74, 6) is -1.83. The van der Waals surface area contributed by atoms with E-state index in [-0.39, 0.29) is 29.5 Å². The summed E-state index contributed by atoms with van der Waals surface area (Å²) in [6, 6.07) is 14.0. The van der Waals surface area contributed by atoms with Gasteiger partial charge in [0, 0.05) is 31.3 Å². The van der Waals surface area contributed by atoms with Gasteiger partial charge in [-0.15, -0.1) is 0 Å². The van der Waals surface area contributed by atoms with Gasteiger partial charge in [-0.3, -0.25) is 4.98 Å². The van der Waals surface area contributed by atoms with Crippen LogP contribution in [0.15, 0.2) is 90.3 Å². The molecule has 0 aliphatic rings. The molecule has 0 radical (unpaired) electrons. The number of carboxylic acid groups (broad SMARTS) is 1. The van der Waals surface area contributed by atoms with Gasteiger partial charge in [0.2, 0.25) is 10.0 Å². The van der Waals surface area contributed by atoms with Crippen LogP contribution in [0.1, 0.15) is 17.7 Å². The van der Waals surface area contributed by atoms with Gasteiger partial charge in [-0.25, -0.2) is 22.9 Å². The molecule has 2 N–H and O–H groups in total. The molecule has 3 heterocycles. The number of nitrogens with zero attached hydrogens (tertiary/aromatic N) is 5. The highest BCUT2D eigenvalue weighted by Gasteiger charge is 2.35. The number of rotatable bonds is 11. The maximum Gasteiger partial charge on any atom is 0.391 e. The molecule has 0 amide bonds. The summed E-state index contributed by atoms with van der Waals surface area (Å²) in [6.45, 7) is -0.299. The maximum absolute atomic E-state index is 13.5. The monoisotopic (exact) mass is 560 g/mol. The van der Waals surface area contributed by atoms with Crippen LogP contribution in [0.4, 0.5) is 19.0 Å². The average molecular weight is 561 g/mol. The van der Waals surface area contributed by atoms with Gasteiger partial charge in [-0.2, -0.15) is 22.6 Å². The van der Waals surface area contributed by atoms with Crippen LogP contribution in [0.2, 0.25) is 0 Å². The van der Waals surface area contributed by atoms with Crippen molar-refractivity contribution in [3.8, 4) is 5.69 Å². The molecular weight excluding hydrogens is 537 g/mol. The van der Waals surface area contributed by atoms with Gasteiger partial charge >= 0.3 is 12.1 Å². The Morgan fingerprint density at radius 2 is 1.79 bits per heavy atom. The number of carbonyl (C=O) groups is 1. The summed E-state index contributed by atoms with van der Waals surface area (Å²) < 4.78 is 68.3. The first-order valence-electron chi connectivity index (χ1n) is 11.5. The van der Waals surface area contributed by atoms with E-state index < -0.39 is 34.6 Å². The van der Waals surface area contributed by atoms with Gasteiger partial charge < -0.3 is 10.4 Å². The third-order valence-corrected chi connectivity index (χ3v) is 7.31. The fourth-order valence-corrected chi connectivity index (χ4v) is 5.06.